The Labute approximate surface area is 183 Å². The molecule has 1 fully saturated rings. The first-order valence-corrected chi connectivity index (χ1v) is 12.7. The minimum Gasteiger partial charge on any atom is -0.463 e. The molecule has 1 aromatic heterocycles. The Morgan fingerprint density at radius 1 is 1.22 bits per heavy atom. The summed E-state index contributed by atoms with van der Waals surface area (Å²) in [4.78, 5) is 37.1. The lowest BCUT2D eigenvalue weighted by Gasteiger charge is -2.27. The number of H-pyrrole nitrogens is 1. The Hall–Kier alpha value is -1.87. The van der Waals surface area contributed by atoms with Gasteiger partial charge in [-0.3, -0.25) is 36.9 Å². The molecule has 0 unspecified atom stereocenters. The van der Waals surface area contributed by atoms with Gasteiger partial charge < -0.3 is 9.47 Å². The molecular weight excluding hydrogens is 475 g/mol. The van der Waals surface area contributed by atoms with E-state index < -0.39 is 66.3 Å². The summed E-state index contributed by atoms with van der Waals surface area (Å²) in [5, 5.41) is 0. The average molecular weight is 500 g/mol. The summed E-state index contributed by atoms with van der Waals surface area (Å²) >= 11 is 0. The summed E-state index contributed by atoms with van der Waals surface area (Å²) in [6, 6.07) is 1.01. The highest BCUT2D eigenvalue weighted by atomic mass is 32.2. The van der Waals surface area contributed by atoms with Gasteiger partial charge >= 0.3 is 19.5 Å². The van der Waals surface area contributed by atoms with Crippen LogP contribution in [0.2, 0.25) is 0 Å². The number of carbonyl (C=O) groups excluding carboxylic acids is 1. The van der Waals surface area contributed by atoms with Crippen molar-refractivity contribution < 1.29 is 45.0 Å². The Balaban J connectivity index is 2.56. The van der Waals surface area contributed by atoms with Crippen molar-refractivity contribution in [3.63, 3.8) is 0 Å². The lowest BCUT2D eigenvalue weighted by atomic mass is 10.1. The first-order chi connectivity index (χ1) is 14.9. The highest BCUT2D eigenvalue weighted by Crippen LogP contribution is 2.53. The van der Waals surface area contributed by atoms with Crippen LogP contribution in [0, 0.1) is 0 Å². The first-order valence-electron chi connectivity index (χ1n) is 9.45. The smallest absolute Gasteiger partial charge is 0.463 e. The molecule has 0 bridgehead atoms. The number of carbonyl (C=O) groups is 1. The van der Waals surface area contributed by atoms with E-state index in [-0.39, 0.29) is 13.2 Å². The maximum absolute atomic E-state index is 13.0. The average Bonchev–Trinajstić information content (AvgIpc) is 2.95. The van der Waals surface area contributed by atoms with Crippen molar-refractivity contribution >= 4 is 23.9 Å². The number of hydrogen-bond acceptors (Lipinski definition) is 12. The van der Waals surface area contributed by atoms with Gasteiger partial charge in [0.25, 0.3) is 15.7 Å². The molecule has 1 aromatic rings. The van der Waals surface area contributed by atoms with E-state index in [2.05, 4.69) is 0 Å². The van der Waals surface area contributed by atoms with Crippen LogP contribution >= 0.6 is 7.82 Å². The first kappa shape index (κ1) is 26.4. The van der Waals surface area contributed by atoms with Gasteiger partial charge in [0, 0.05) is 19.2 Å². The summed E-state index contributed by atoms with van der Waals surface area (Å²) in [5.41, 5.74) is -1.62. The second kappa shape index (κ2) is 10.8. The van der Waals surface area contributed by atoms with Gasteiger partial charge in [-0.1, -0.05) is 0 Å². The third-order valence-corrected chi connectivity index (χ3v) is 6.20. The summed E-state index contributed by atoms with van der Waals surface area (Å²) in [7, 11) is -8.40. The molecule has 0 radical (unpaired) electrons. The second-order valence-corrected chi connectivity index (χ2v) is 9.73. The van der Waals surface area contributed by atoms with Gasteiger partial charge in [0.1, 0.15) is 24.9 Å². The number of phosphoric ester groups is 1. The third-order valence-electron chi connectivity index (χ3n) is 3.97. The molecule has 0 saturated carbocycles. The van der Waals surface area contributed by atoms with E-state index in [4.69, 9.17) is 27.2 Å². The van der Waals surface area contributed by atoms with Gasteiger partial charge in [-0.15, -0.1) is 0 Å². The fourth-order valence-corrected chi connectivity index (χ4v) is 4.88. The van der Waals surface area contributed by atoms with Crippen molar-refractivity contribution in [2.45, 2.75) is 45.3 Å². The van der Waals surface area contributed by atoms with Crippen molar-refractivity contribution in [2.24, 2.45) is 0 Å². The monoisotopic (exact) mass is 500 g/mol. The third kappa shape index (κ3) is 7.07. The Bertz CT molecular complexity index is 1060. The van der Waals surface area contributed by atoms with Crippen LogP contribution in [0.4, 0.5) is 0 Å². The van der Waals surface area contributed by atoms with Gasteiger partial charge in [0.2, 0.25) is 0 Å². The van der Waals surface area contributed by atoms with Crippen LogP contribution in [0.25, 0.3) is 0 Å². The van der Waals surface area contributed by atoms with E-state index in [1.807, 2.05) is 4.98 Å². The molecular formula is C16H25N2O12PS. The van der Waals surface area contributed by atoms with Gasteiger partial charge in [-0.2, -0.15) is 8.42 Å². The highest BCUT2D eigenvalue weighted by molar-refractivity contribution is 7.86. The fourth-order valence-electron chi connectivity index (χ4n) is 2.89. The number of phosphoric acid groups is 1. The van der Waals surface area contributed by atoms with E-state index in [1.165, 1.54) is 13.8 Å². The van der Waals surface area contributed by atoms with Crippen molar-refractivity contribution in [3.05, 3.63) is 33.1 Å². The van der Waals surface area contributed by atoms with Crippen LogP contribution < -0.4 is 11.2 Å². The predicted molar refractivity (Wildman–Crippen MR) is 107 cm³/mol. The number of hydrogen-bond donors (Lipinski definition) is 1. The van der Waals surface area contributed by atoms with E-state index in [1.54, 1.807) is 0 Å². The zero-order valence-corrected chi connectivity index (χ0v) is 19.5. The fraction of sp³-hybridized carbons (Fsp3) is 0.688. The number of nitrogens with one attached hydrogen (secondary N) is 1. The minimum atomic E-state index is -4.27. The molecule has 14 nitrogen and oxygen atoms in total. The van der Waals surface area contributed by atoms with E-state index in [0.29, 0.717) is 0 Å². The van der Waals surface area contributed by atoms with Crippen LogP contribution in [0.15, 0.2) is 21.9 Å². The number of aromatic nitrogens is 2. The van der Waals surface area contributed by atoms with Crippen molar-refractivity contribution in [3.8, 4) is 0 Å². The quantitative estimate of drug-likeness (QED) is 0.243. The van der Waals surface area contributed by atoms with E-state index in [9.17, 15) is 27.4 Å². The van der Waals surface area contributed by atoms with Gasteiger partial charge in [0.15, 0.2) is 6.23 Å². The standard InChI is InChI=1S/C16H25N2O12PS/c1-5-26-31(22,27-6-2)29-14-13(30-32(4,23)24)11(9-25-10(3)19)28-15(14)18-8-7-12(20)17-16(18)21/h7-8,11,13-15H,5-6,9H2,1-4H3,(H,17,20,21)/t11-,13+,14-,15-/m1/s1. The van der Waals surface area contributed by atoms with Gasteiger partial charge in [0.05, 0.1) is 19.5 Å². The second-order valence-electron chi connectivity index (χ2n) is 6.50. The van der Waals surface area contributed by atoms with Crippen molar-refractivity contribution in [2.75, 3.05) is 26.1 Å². The summed E-state index contributed by atoms with van der Waals surface area (Å²) < 4.78 is 69.1. The molecule has 0 spiro atoms. The molecule has 1 aliphatic heterocycles. The predicted octanol–water partition coefficient (Wildman–Crippen LogP) is -0.0918. The molecule has 32 heavy (non-hydrogen) atoms. The maximum atomic E-state index is 13.0. The largest absolute Gasteiger partial charge is 0.475 e. The molecule has 0 aromatic carbocycles. The summed E-state index contributed by atoms with van der Waals surface area (Å²) in [5.74, 6) is -0.692. The molecule has 2 heterocycles. The number of aromatic amines is 1. The van der Waals surface area contributed by atoms with E-state index >= 15 is 0 Å². The normalized spacial score (nSPS) is 23.9. The highest BCUT2D eigenvalue weighted by Gasteiger charge is 2.53. The van der Waals surface area contributed by atoms with Crippen LogP contribution in [-0.4, -0.2) is 68.3 Å². The molecule has 4 atom stereocenters. The lowest BCUT2D eigenvalue weighted by molar-refractivity contribution is -0.147. The van der Waals surface area contributed by atoms with Gasteiger partial charge in [-0.25, -0.2) is 9.36 Å². The zero-order valence-electron chi connectivity index (χ0n) is 17.8. The van der Waals surface area contributed by atoms with Crippen LogP contribution in [-0.2, 0) is 46.7 Å². The van der Waals surface area contributed by atoms with Crippen molar-refractivity contribution in [1.29, 1.82) is 0 Å². The number of nitrogens with zero attached hydrogens (tertiary/aromatic N) is 1. The zero-order chi connectivity index (χ0) is 24.1. The van der Waals surface area contributed by atoms with Crippen molar-refractivity contribution in [1.82, 2.24) is 9.55 Å². The molecule has 16 heteroatoms. The summed E-state index contributed by atoms with van der Waals surface area (Å²) in [6.07, 6.45) is -3.97. The molecule has 1 N–H and O–H groups in total. The lowest BCUT2D eigenvalue weighted by Crippen LogP contribution is -2.41. The number of esters is 1. The van der Waals surface area contributed by atoms with Gasteiger partial charge in [-0.05, 0) is 13.8 Å². The molecule has 1 saturated heterocycles. The molecule has 0 amide bonds. The topological polar surface area (TPSA) is 179 Å². The Morgan fingerprint density at radius 2 is 1.84 bits per heavy atom. The SMILES string of the molecule is CCOP(=O)(OCC)O[C@@H]1[C@@H](OS(C)(=O)=O)[C@@H](COC(C)=O)O[C@H]1n1ccc(=O)[nH]c1=O. The minimum absolute atomic E-state index is 0.0808. The maximum Gasteiger partial charge on any atom is 0.475 e. The molecule has 1 aliphatic rings. The van der Waals surface area contributed by atoms with Crippen LogP contribution in [0.3, 0.4) is 0 Å². The summed E-state index contributed by atoms with van der Waals surface area (Å²) in [6.45, 7) is 3.54. The molecule has 0 aliphatic carbocycles. The molecule has 2 rings (SSSR count). The Morgan fingerprint density at radius 3 is 2.34 bits per heavy atom. The van der Waals surface area contributed by atoms with Crippen LogP contribution in [0.5, 0.6) is 0 Å². The van der Waals surface area contributed by atoms with E-state index in [0.717, 1.165) is 30.0 Å². The molecule has 182 valence electrons. The number of rotatable bonds is 11. The van der Waals surface area contributed by atoms with Crippen LogP contribution in [0.1, 0.15) is 27.0 Å². The Kier molecular flexibility index (Phi) is 8.93. The number of ether oxygens (including phenoxy) is 2.